The van der Waals surface area contributed by atoms with Gasteiger partial charge in [0.2, 0.25) is 5.76 Å². The van der Waals surface area contributed by atoms with Crippen molar-refractivity contribution >= 4 is 21.9 Å². The number of hydrogen-bond acceptors (Lipinski definition) is 4. The minimum absolute atomic E-state index is 0.204. The third-order valence-electron chi connectivity index (χ3n) is 2.39. The Labute approximate surface area is 111 Å². The van der Waals surface area contributed by atoms with Crippen LogP contribution in [-0.2, 0) is 0 Å². The van der Waals surface area contributed by atoms with Crippen molar-refractivity contribution < 1.29 is 19.2 Å². The lowest BCUT2D eigenvalue weighted by molar-refractivity contribution is 0.0652. The van der Waals surface area contributed by atoms with E-state index in [4.69, 9.17) is 14.4 Å². The van der Waals surface area contributed by atoms with E-state index in [1.54, 1.807) is 0 Å². The lowest BCUT2D eigenvalue weighted by Crippen LogP contribution is -1.92. The molecule has 1 heterocycles. The molecule has 2 aromatic rings. The summed E-state index contributed by atoms with van der Waals surface area (Å²) in [7, 11) is 1.54. The number of hydrogen-bond donors (Lipinski definition) is 1. The van der Waals surface area contributed by atoms with Gasteiger partial charge in [-0.25, -0.2) is 4.79 Å². The minimum atomic E-state index is -1.15. The van der Waals surface area contributed by atoms with Crippen LogP contribution in [0.25, 0.3) is 11.3 Å². The largest absolute Gasteiger partial charge is 0.495 e. The monoisotopic (exact) mass is 311 g/mol. The Morgan fingerprint density at radius 3 is 2.72 bits per heavy atom. The summed E-state index contributed by atoms with van der Waals surface area (Å²) in [5.74, 6) is -0.769. The highest BCUT2D eigenvalue weighted by molar-refractivity contribution is 9.10. The number of aromatic carboxylic acids is 1. The molecular weight excluding hydrogens is 302 g/mol. The summed E-state index contributed by atoms with van der Waals surface area (Å²) in [6.45, 7) is 1.92. The number of carboxylic acid groups (broad SMARTS) is 1. The van der Waals surface area contributed by atoms with Crippen LogP contribution in [0.5, 0.6) is 5.75 Å². The molecule has 1 aromatic carbocycles. The third-order valence-corrected chi connectivity index (χ3v) is 2.98. The summed E-state index contributed by atoms with van der Waals surface area (Å²) in [4.78, 5) is 10.8. The quantitative estimate of drug-likeness (QED) is 0.942. The molecule has 94 valence electrons. The van der Waals surface area contributed by atoms with E-state index < -0.39 is 5.97 Å². The maximum Gasteiger partial charge on any atom is 0.374 e. The van der Waals surface area contributed by atoms with E-state index in [9.17, 15) is 4.79 Å². The second kappa shape index (κ2) is 4.81. The van der Waals surface area contributed by atoms with Crippen molar-refractivity contribution in [1.82, 2.24) is 5.16 Å². The van der Waals surface area contributed by atoms with Crippen molar-refractivity contribution in [3.05, 3.63) is 34.0 Å². The van der Waals surface area contributed by atoms with Crippen LogP contribution in [0.3, 0.4) is 0 Å². The molecule has 0 amide bonds. The molecule has 0 aliphatic rings. The average molecular weight is 312 g/mol. The number of halogens is 1. The fraction of sp³-hybridized carbons (Fsp3) is 0.167. The van der Waals surface area contributed by atoms with E-state index in [2.05, 4.69) is 21.1 Å². The summed E-state index contributed by atoms with van der Waals surface area (Å²) in [5.41, 5.74) is 2.10. The van der Waals surface area contributed by atoms with E-state index in [1.165, 1.54) is 13.2 Å². The van der Waals surface area contributed by atoms with Gasteiger partial charge in [-0.3, -0.25) is 0 Å². The number of rotatable bonds is 3. The highest BCUT2D eigenvalue weighted by Crippen LogP contribution is 2.37. The van der Waals surface area contributed by atoms with Gasteiger partial charge in [0, 0.05) is 11.6 Å². The molecule has 0 aliphatic heterocycles. The van der Waals surface area contributed by atoms with Crippen LogP contribution in [0, 0.1) is 6.92 Å². The van der Waals surface area contributed by atoms with Gasteiger partial charge in [-0.15, -0.1) is 0 Å². The van der Waals surface area contributed by atoms with E-state index in [0.717, 1.165) is 10.0 Å². The van der Waals surface area contributed by atoms with Crippen LogP contribution < -0.4 is 4.74 Å². The van der Waals surface area contributed by atoms with Crippen molar-refractivity contribution in [1.29, 1.82) is 0 Å². The lowest BCUT2D eigenvalue weighted by atomic mass is 10.1. The van der Waals surface area contributed by atoms with Gasteiger partial charge >= 0.3 is 5.97 Å². The zero-order valence-electron chi connectivity index (χ0n) is 9.73. The maximum absolute atomic E-state index is 10.8. The maximum atomic E-state index is 10.8. The number of carboxylic acids is 1. The molecular formula is C12H10BrNO4. The lowest BCUT2D eigenvalue weighted by Gasteiger charge is -2.09. The Morgan fingerprint density at radius 2 is 2.17 bits per heavy atom. The van der Waals surface area contributed by atoms with Gasteiger partial charge in [0.1, 0.15) is 11.4 Å². The van der Waals surface area contributed by atoms with Crippen molar-refractivity contribution in [2.45, 2.75) is 6.92 Å². The first kappa shape index (κ1) is 12.6. The summed E-state index contributed by atoms with van der Waals surface area (Å²) in [5, 5.41) is 12.5. The van der Waals surface area contributed by atoms with Gasteiger partial charge in [0.25, 0.3) is 0 Å². The summed E-state index contributed by atoms with van der Waals surface area (Å²) < 4.78 is 10.8. The predicted molar refractivity (Wildman–Crippen MR) is 67.9 cm³/mol. The number of benzene rings is 1. The fourth-order valence-electron chi connectivity index (χ4n) is 1.63. The second-order valence-electron chi connectivity index (χ2n) is 3.71. The molecule has 0 saturated carbocycles. The molecule has 1 N–H and O–H groups in total. The number of nitrogens with zero attached hydrogens (tertiary/aromatic N) is 1. The Hall–Kier alpha value is -1.82. The zero-order valence-corrected chi connectivity index (χ0v) is 11.3. The van der Waals surface area contributed by atoms with E-state index >= 15 is 0 Å². The SMILES string of the molecule is COc1c(Br)cc(C)cc1-c1cc(C(=O)O)on1. The molecule has 2 rings (SSSR count). The molecule has 0 atom stereocenters. The van der Waals surface area contributed by atoms with Gasteiger partial charge in [-0.05, 0) is 40.5 Å². The number of aryl methyl sites for hydroxylation is 1. The van der Waals surface area contributed by atoms with Gasteiger partial charge in [-0.2, -0.15) is 0 Å². The third kappa shape index (κ3) is 2.24. The number of methoxy groups -OCH3 is 1. The van der Waals surface area contributed by atoms with Crippen LogP contribution in [0.2, 0.25) is 0 Å². The first-order valence-corrected chi connectivity index (χ1v) is 5.86. The van der Waals surface area contributed by atoms with Crippen LogP contribution in [0.15, 0.2) is 27.2 Å². The Bertz CT molecular complexity index is 606. The number of ether oxygens (including phenoxy) is 1. The van der Waals surface area contributed by atoms with E-state index in [0.29, 0.717) is 17.0 Å². The number of aromatic nitrogens is 1. The van der Waals surface area contributed by atoms with E-state index in [1.807, 2.05) is 19.1 Å². The number of carbonyl (C=O) groups is 1. The Morgan fingerprint density at radius 1 is 1.44 bits per heavy atom. The molecule has 0 radical (unpaired) electrons. The van der Waals surface area contributed by atoms with Crippen molar-refractivity contribution in [2.24, 2.45) is 0 Å². The van der Waals surface area contributed by atoms with Crippen LogP contribution in [0.1, 0.15) is 16.1 Å². The van der Waals surface area contributed by atoms with Gasteiger partial charge in [0.05, 0.1) is 11.6 Å². The second-order valence-corrected chi connectivity index (χ2v) is 4.56. The topological polar surface area (TPSA) is 72.6 Å². The summed E-state index contributed by atoms with van der Waals surface area (Å²) in [6, 6.07) is 5.12. The molecule has 0 fully saturated rings. The van der Waals surface area contributed by atoms with Gasteiger partial charge < -0.3 is 14.4 Å². The van der Waals surface area contributed by atoms with Gasteiger partial charge in [-0.1, -0.05) is 5.16 Å². The molecule has 0 spiro atoms. The molecule has 0 bridgehead atoms. The molecule has 0 saturated heterocycles. The van der Waals surface area contributed by atoms with E-state index in [-0.39, 0.29) is 5.76 Å². The first-order chi connectivity index (χ1) is 8.52. The minimum Gasteiger partial charge on any atom is -0.495 e. The smallest absolute Gasteiger partial charge is 0.374 e. The Kier molecular flexibility index (Phi) is 3.38. The van der Waals surface area contributed by atoms with Crippen LogP contribution in [0.4, 0.5) is 0 Å². The normalized spacial score (nSPS) is 10.4. The summed E-state index contributed by atoms with van der Waals surface area (Å²) in [6.07, 6.45) is 0. The molecule has 0 aliphatic carbocycles. The molecule has 6 heteroatoms. The van der Waals surface area contributed by atoms with Crippen molar-refractivity contribution in [3.63, 3.8) is 0 Å². The predicted octanol–water partition coefficient (Wildman–Crippen LogP) is 3.12. The van der Waals surface area contributed by atoms with Gasteiger partial charge in [0.15, 0.2) is 0 Å². The molecule has 1 aromatic heterocycles. The highest BCUT2D eigenvalue weighted by Gasteiger charge is 2.17. The molecule has 5 nitrogen and oxygen atoms in total. The first-order valence-electron chi connectivity index (χ1n) is 5.07. The Balaban J connectivity index is 2.58. The highest BCUT2D eigenvalue weighted by atomic mass is 79.9. The molecule has 18 heavy (non-hydrogen) atoms. The van der Waals surface area contributed by atoms with Crippen LogP contribution >= 0.6 is 15.9 Å². The standard InChI is InChI=1S/C12H10BrNO4/c1-6-3-7(11(17-2)8(13)4-6)9-5-10(12(15)16)18-14-9/h3-5H,1-2H3,(H,15,16). The fourth-order valence-corrected chi connectivity index (χ4v) is 2.37. The zero-order chi connectivity index (χ0) is 13.3. The van der Waals surface area contributed by atoms with Crippen LogP contribution in [-0.4, -0.2) is 23.3 Å². The summed E-state index contributed by atoms with van der Waals surface area (Å²) >= 11 is 3.39. The van der Waals surface area contributed by atoms with Crippen molar-refractivity contribution in [3.8, 4) is 17.0 Å². The average Bonchev–Trinajstić information content (AvgIpc) is 2.77. The molecule has 0 unspecified atom stereocenters. The van der Waals surface area contributed by atoms with Crippen molar-refractivity contribution in [2.75, 3.05) is 7.11 Å².